The molecule has 1 saturated heterocycles. The van der Waals surface area contributed by atoms with Crippen LogP contribution in [0.1, 0.15) is 18.4 Å². The van der Waals surface area contributed by atoms with Gasteiger partial charge in [-0.1, -0.05) is 30.3 Å². The molecule has 0 spiro atoms. The highest BCUT2D eigenvalue weighted by molar-refractivity contribution is 5.95. The molecule has 3 rings (SSSR count). The highest BCUT2D eigenvalue weighted by atomic mass is 35.5. The number of hydrogen-bond acceptors (Lipinski definition) is 4. The Morgan fingerprint density at radius 1 is 1.03 bits per heavy atom. The number of nitrogens with two attached hydrogens (primary N) is 1. The number of anilines is 2. The molecule has 29 heavy (non-hydrogen) atoms. The predicted molar refractivity (Wildman–Crippen MR) is 116 cm³/mol. The van der Waals surface area contributed by atoms with Crippen LogP contribution in [-0.2, 0) is 16.0 Å². The molecular weight excluding hydrogens is 392 g/mol. The lowest BCUT2D eigenvalue weighted by Crippen LogP contribution is -2.37. The normalized spacial score (nSPS) is 16.4. The van der Waals surface area contributed by atoms with Crippen molar-refractivity contribution in [2.24, 2.45) is 5.73 Å². The molecule has 2 aromatic rings. The molecule has 5 N–H and O–H groups in total. The lowest BCUT2D eigenvalue weighted by atomic mass is 10.1. The van der Waals surface area contributed by atoms with E-state index in [1.54, 1.807) is 24.3 Å². The molecule has 1 aliphatic heterocycles. The van der Waals surface area contributed by atoms with Gasteiger partial charge in [-0.25, -0.2) is 4.79 Å². The Bertz CT molecular complexity index is 780. The number of rotatable bonds is 7. The summed E-state index contributed by atoms with van der Waals surface area (Å²) in [4.78, 5) is 24.2. The van der Waals surface area contributed by atoms with Gasteiger partial charge < -0.3 is 26.4 Å². The van der Waals surface area contributed by atoms with E-state index in [-0.39, 0.29) is 30.4 Å². The maximum absolute atomic E-state index is 12.3. The van der Waals surface area contributed by atoms with Gasteiger partial charge >= 0.3 is 6.03 Å². The second kappa shape index (κ2) is 11.4. The number of carbonyl (C=O) groups is 2. The van der Waals surface area contributed by atoms with E-state index in [0.717, 1.165) is 25.0 Å². The van der Waals surface area contributed by atoms with E-state index in [1.807, 2.05) is 30.3 Å². The van der Waals surface area contributed by atoms with Crippen LogP contribution in [0, 0.1) is 0 Å². The smallest absolute Gasteiger partial charge is 0.319 e. The number of carbonyl (C=O) groups excluding carboxylic acids is 2. The van der Waals surface area contributed by atoms with Gasteiger partial charge in [-0.05, 0) is 49.1 Å². The van der Waals surface area contributed by atoms with E-state index in [1.165, 1.54) is 0 Å². The monoisotopic (exact) mass is 418 g/mol. The van der Waals surface area contributed by atoms with E-state index >= 15 is 0 Å². The molecule has 1 aliphatic rings. The van der Waals surface area contributed by atoms with E-state index in [4.69, 9.17) is 10.5 Å². The molecule has 1 unspecified atom stereocenters. The minimum absolute atomic E-state index is 0. The Morgan fingerprint density at radius 3 is 2.31 bits per heavy atom. The van der Waals surface area contributed by atoms with Gasteiger partial charge in [-0.3, -0.25) is 4.79 Å². The van der Waals surface area contributed by atoms with E-state index < -0.39 is 6.04 Å². The average Bonchev–Trinajstić information content (AvgIpc) is 3.22. The highest BCUT2D eigenvalue weighted by Gasteiger charge is 2.16. The zero-order chi connectivity index (χ0) is 19.8. The first kappa shape index (κ1) is 22.7. The molecule has 0 bridgehead atoms. The molecule has 0 saturated carbocycles. The van der Waals surface area contributed by atoms with Crippen molar-refractivity contribution in [1.82, 2.24) is 5.32 Å². The fraction of sp³-hybridized carbons (Fsp3) is 0.333. The van der Waals surface area contributed by atoms with Crippen molar-refractivity contribution in [2.75, 3.05) is 23.8 Å². The number of nitrogens with one attached hydrogen (secondary N) is 3. The predicted octanol–water partition coefficient (Wildman–Crippen LogP) is 2.92. The molecule has 0 aliphatic carbocycles. The number of benzene rings is 2. The topological polar surface area (TPSA) is 105 Å². The fourth-order valence-corrected chi connectivity index (χ4v) is 3.02. The first-order valence-corrected chi connectivity index (χ1v) is 9.47. The maximum atomic E-state index is 12.3. The van der Waals surface area contributed by atoms with Crippen molar-refractivity contribution < 1.29 is 14.3 Å². The molecule has 7 nitrogen and oxygen atoms in total. The standard InChI is InChI=1S/C21H26N4O3.ClH/c22-19(13-15-5-2-1-3-6-15)20(26)24-16-8-10-17(11-9-16)25-21(27)23-14-18-7-4-12-28-18;/h1-3,5-6,8-11,18-19H,4,7,12-14,22H2,(H,24,26)(H2,23,25,27);1H/t18?,19-;/m0./s1. The Kier molecular flexibility index (Phi) is 8.92. The van der Waals surface area contributed by atoms with Gasteiger partial charge in [0.2, 0.25) is 5.91 Å². The molecule has 8 heteroatoms. The minimum Gasteiger partial charge on any atom is -0.376 e. The Labute approximate surface area is 176 Å². The van der Waals surface area contributed by atoms with Crippen LogP contribution in [-0.4, -0.2) is 37.2 Å². The molecule has 1 heterocycles. The zero-order valence-electron chi connectivity index (χ0n) is 16.1. The SMILES string of the molecule is Cl.N[C@@H](Cc1ccccc1)C(=O)Nc1ccc(NC(=O)NCC2CCCO2)cc1. The summed E-state index contributed by atoms with van der Waals surface area (Å²) in [7, 11) is 0. The van der Waals surface area contributed by atoms with Gasteiger partial charge in [0.05, 0.1) is 12.1 Å². The Morgan fingerprint density at radius 2 is 1.69 bits per heavy atom. The lowest BCUT2D eigenvalue weighted by Gasteiger charge is -2.14. The summed E-state index contributed by atoms with van der Waals surface area (Å²) in [6.07, 6.45) is 2.58. The number of amides is 3. The maximum Gasteiger partial charge on any atom is 0.319 e. The van der Waals surface area contributed by atoms with Gasteiger partial charge in [0, 0.05) is 24.5 Å². The highest BCUT2D eigenvalue weighted by Crippen LogP contribution is 2.15. The van der Waals surface area contributed by atoms with Gasteiger partial charge in [0.15, 0.2) is 0 Å². The molecule has 1 fully saturated rings. The van der Waals surface area contributed by atoms with Crippen molar-refractivity contribution in [3.63, 3.8) is 0 Å². The number of halogens is 1. The quantitative estimate of drug-likeness (QED) is 0.554. The van der Waals surface area contributed by atoms with Gasteiger partial charge in [0.25, 0.3) is 0 Å². The van der Waals surface area contributed by atoms with E-state index in [2.05, 4.69) is 16.0 Å². The number of urea groups is 1. The largest absolute Gasteiger partial charge is 0.376 e. The van der Waals surface area contributed by atoms with Crippen LogP contribution in [0.3, 0.4) is 0 Å². The Balaban J connectivity index is 0.00000300. The van der Waals surface area contributed by atoms with Crippen molar-refractivity contribution in [3.05, 3.63) is 60.2 Å². The van der Waals surface area contributed by atoms with Gasteiger partial charge in [-0.15, -0.1) is 12.4 Å². The van der Waals surface area contributed by atoms with Crippen LogP contribution in [0.2, 0.25) is 0 Å². The van der Waals surface area contributed by atoms with Crippen LogP contribution >= 0.6 is 12.4 Å². The van der Waals surface area contributed by atoms with Crippen LogP contribution in [0.4, 0.5) is 16.2 Å². The summed E-state index contributed by atoms with van der Waals surface area (Å²) < 4.78 is 5.47. The fourth-order valence-electron chi connectivity index (χ4n) is 3.02. The third-order valence-electron chi connectivity index (χ3n) is 4.56. The first-order valence-electron chi connectivity index (χ1n) is 9.47. The summed E-state index contributed by atoms with van der Waals surface area (Å²) in [6.45, 7) is 1.26. The second-order valence-corrected chi connectivity index (χ2v) is 6.83. The molecule has 0 radical (unpaired) electrons. The molecule has 3 amide bonds. The van der Waals surface area contributed by atoms with Crippen LogP contribution in [0.5, 0.6) is 0 Å². The average molecular weight is 419 g/mol. The summed E-state index contributed by atoms with van der Waals surface area (Å²) >= 11 is 0. The summed E-state index contributed by atoms with van der Waals surface area (Å²) in [6, 6.07) is 15.6. The van der Waals surface area contributed by atoms with E-state index in [9.17, 15) is 9.59 Å². The van der Waals surface area contributed by atoms with E-state index in [0.29, 0.717) is 24.3 Å². The van der Waals surface area contributed by atoms with Crippen LogP contribution < -0.4 is 21.7 Å². The van der Waals surface area contributed by atoms with Crippen molar-refractivity contribution >= 4 is 35.7 Å². The zero-order valence-corrected chi connectivity index (χ0v) is 16.9. The number of ether oxygens (including phenoxy) is 1. The number of hydrogen-bond donors (Lipinski definition) is 4. The Hall–Kier alpha value is -2.61. The lowest BCUT2D eigenvalue weighted by molar-refractivity contribution is -0.117. The van der Waals surface area contributed by atoms with Crippen LogP contribution in [0.25, 0.3) is 0 Å². The molecule has 0 aromatic heterocycles. The summed E-state index contributed by atoms with van der Waals surface area (Å²) in [5, 5.41) is 8.35. The minimum atomic E-state index is -0.635. The van der Waals surface area contributed by atoms with Crippen molar-refractivity contribution in [3.8, 4) is 0 Å². The second-order valence-electron chi connectivity index (χ2n) is 6.83. The first-order chi connectivity index (χ1) is 13.6. The third-order valence-corrected chi connectivity index (χ3v) is 4.56. The summed E-state index contributed by atoms with van der Waals surface area (Å²) in [5.41, 5.74) is 8.26. The van der Waals surface area contributed by atoms with Crippen molar-refractivity contribution in [2.45, 2.75) is 31.4 Å². The van der Waals surface area contributed by atoms with Crippen molar-refractivity contribution in [1.29, 1.82) is 0 Å². The van der Waals surface area contributed by atoms with Crippen LogP contribution in [0.15, 0.2) is 54.6 Å². The molecule has 2 atom stereocenters. The molecule has 156 valence electrons. The molecule has 2 aromatic carbocycles. The summed E-state index contributed by atoms with van der Waals surface area (Å²) in [5.74, 6) is -0.251. The molecular formula is C21H27ClN4O3. The van der Waals surface area contributed by atoms with Gasteiger partial charge in [-0.2, -0.15) is 0 Å². The third kappa shape index (κ3) is 7.38. The van der Waals surface area contributed by atoms with Gasteiger partial charge in [0.1, 0.15) is 0 Å².